The van der Waals surface area contributed by atoms with Crippen molar-refractivity contribution in [2.24, 2.45) is 0 Å². The lowest BCUT2D eigenvalue weighted by molar-refractivity contribution is -0.116. The van der Waals surface area contributed by atoms with Crippen molar-refractivity contribution in [3.63, 3.8) is 0 Å². The average molecular weight is 235 g/mol. The summed E-state index contributed by atoms with van der Waals surface area (Å²) in [5.41, 5.74) is 0.157. The Morgan fingerprint density at radius 1 is 1.53 bits per heavy atom. The first kappa shape index (κ1) is 11.9. The van der Waals surface area contributed by atoms with Gasteiger partial charge in [0.1, 0.15) is 16.6 Å². The van der Waals surface area contributed by atoms with Crippen LogP contribution in [-0.4, -0.2) is 12.9 Å². The molecule has 1 aromatic rings. The summed E-state index contributed by atoms with van der Waals surface area (Å²) in [6.07, 6.45) is -0.0891. The number of ether oxygens (including phenoxy) is 1. The normalized spacial score (nSPS) is 10.2. The van der Waals surface area contributed by atoms with Gasteiger partial charge in [0.2, 0.25) is 0 Å². The molecule has 0 fully saturated rings. The van der Waals surface area contributed by atoms with Crippen LogP contribution in [0.15, 0.2) is 6.07 Å². The number of halogens is 3. The fraction of sp³-hybridized carbons (Fsp3) is 0.300. The molecule has 0 radical (unpaired) electrons. The van der Waals surface area contributed by atoms with E-state index in [0.717, 1.165) is 6.07 Å². The quantitative estimate of drug-likeness (QED) is 0.752. The predicted octanol–water partition coefficient (Wildman–Crippen LogP) is 2.76. The lowest BCUT2D eigenvalue weighted by atomic mass is 10.1. The molecule has 0 atom stereocenters. The number of rotatable bonds is 3. The van der Waals surface area contributed by atoms with Crippen LogP contribution in [0.1, 0.15) is 12.5 Å². The van der Waals surface area contributed by atoms with Crippen LogP contribution in [0, 0.1) is 11.6 Å². The molecule has 0 heterocycles. The molecule has 0 unspecified atom stereocenters. The molecule has 0 aliphatic heterocycles. The highest BCUT2D eigenvalue weighted by Gasteiger charge is 2.18. The molecule has 1 aromatic carbocycles. The van der Waals surface area contributed by atoms with Gasteiger partial charge in [0.15, 0.2) is 11.6 Å². The summed E-state index contributed by atoms with van der Waals surface area (Å²) in [5, 5.41) is -0.626. The lowest BCUT2D eigenvalue weighted by Crippen LogP contribution is -2.03. The molecule has 15 heavy (non-hydrogen) atoms. The second-order valence-electron chi connectivity index (χ2n) is 3.06. The summed E-state index contributed by atoms with van der Waals surface area (Å²) < 4.78 is 31.2. The Kier molecular flexibility index (Phi) is 3.63. The summed E-state index contributed by atoms with van der Waals surface area (Å²) in [7, 11) is 1.23. The predicted molar refractivity (Wildman–Crippen MR) is 52.3 cm³/mol. The van der Waals surface area contributed by atoms with Gasteiger partial charge in [-0.2, -0.15) is 0 Å². The smallest absolute Gasteiger partial charge is 0.186 e. The second-order valence-corrected chi connectivity index (χ2v) is 3.44. The average Bonchev–Trinajstić information content (AvgIpc) is 2.14. The van der Waals surface area contributed by atoms with Gasteiger partial charge in [0.05, 0.1) is 7.11 Å². The first-order valence-corrected chi connectivity index (χ1v) is 4.55. The molecule has 1 rings (SSSR count). The Morgan fingerprint density at radius 3 is 2.60 bits per heavy atom. The zero-order valence-electron chi connectivity index (χ0n) is 8.23. The molecular formula is C10H9ClF2O2. The van der Waals surface area contributed by atoms with E-state index in [-0.39, 0.29) is 23.5 Å². The van der Waals surface area contributed by atoms with E-state index in [2.05, 4.69) is 0 Å². The monoisotopic (exact) mass is 234 g/mol. The van der Waals surface area contributed by atoms with Crippen LogP contribution in [0.4, 0.5) is 8.78 Å². The highest BCUT2D eigenvalue weighted by Crippen LogP contribution is 2.31. The SMILES string of the molecule is COc1c(CC(C)=O)cc(F)c(Cl)c1F. The highest BCUT2D eigenvalue weighted by atomic mass is 35.5. The lowest BCUT2D eigenvalue weighted by Gasteiger charge is -2.09. The van der Waals surface area contributed by atoms with Crippen LogP contribution in [0.5, 0.6) is 5.75 Å². The van der Waals surface area contributed by atoms with E-state index in [1.165, 1.54) is 14.0 Å². The summed E-state index contributed by atoms with van der Waals surface area (Å²) >= 11 is 5.36. The molecule has 0 N–H and O–H groups in total. The third-order valence-electron chi connectivity index (χ3n) is 1.84. The van der Waals surface area contributed by atoms with Gasteiger partial charge >= 0.3 is 0 Å². The minimum atomic E-state index is -0.976. The van der Waals surface area contributed by atoms with Crippen LogP contribution in [0.25, 0.3) is 0 Å². The molecule has 0 spiro atoms. The Bertz CT molecular complexity index is 405. The number of methoxy groups -OCH3 is 1. The van der Waals surface area contributed by atoms with Crippen LogP contribution < -0.4 is 4.74 Å². The number of benzene rings is 1. The number of carbonyl (C=O) groups is 1. The van der Waals surface area contributed by atoms with Crippen LogP contribution in [0.2, 0.25) is 5.02 Å². The van der Waals surface area contributed by atoms with Crippen molar-refractivity contribution >= 4 is 17.4 Å². The van der Waals surface area contributed by atoms with Crippen molar-refractivity contribution in [1.29, 1.82) is 0 Å². The van der Waals surface area contributed by atoms with E-state index in [0.29, 0.717) is 0 Å². The van der Waals surface area contributed by atoms with Crippen molar-refractivity contribution in [2.75, 3.05) is 7.11 Å². The summed E-state index contributed by atoms with van der Waals surface area (Å²) in [6.45, 7) is 1.32. The Morgan fingerprint density at radius 2 is 2.13 bits per heavy atom. The number of hydrogen-bond acceptors (Lipinski definition) is 2. The van der Waals surface area contributed by atoms with Crippen LogP contribution in [0.3, 0.4) is 0 Å². The number of ketones is 1. The number of hydrogen-bond donors (Lipinski definition) is 0. The first-order chi connectivity index (χ1) is 6.97. The van der Waals surface area contributed by atoms with E-state index >= 15 is 0 Å². The molecule has 0 aromatic heterocycles. The van der Waals surface area contributed by atoms with E-state index < -0.39 is 16.7 Å². The van der Waals surface area contributed by atoms with Gasteiger partial charge in [-0.1, -0.05) is 11.6 Å². The fourth-order valence-electron chi connectivity index (χ4n) is 1.25. The number of carbonyl (C=O) groups excluding carboxylic acids is 1. The Hall–Kier alpha value is -1.16. The van der Waals surface area contributed by atoms with E-state index in [4.69, 9.17) is 16.3 Å². The topological polar surface area (TPSA) is 26.3 Å². The third kappa shape index (κ3) is 2.45. The van der Waals surface area contributed by atoms with Gasteiger partial charge in [-0.05, 0) is 13.0 Å². The largest absolute Gasteiger partial charge is 0.493 e. The Balaban J connectivity index is 3.31. The molecule has 2 nitrogen and oxygen atoms in total. The summed E-state index contributed by atoms with van der Waals surface area (Å²) in [4.78, 5) is 10.9. The van der Waals surface area contributed by atoms with Crippen molar-refractivity contribution in [1.82, 2.24) is 0 Å². The molecule has 0 amide bonds. The van der Waals surface area contributed by atoms with Crippen molar-refractivity contribution in [2.45, 2.75) is 13.3 Å². The zero-order chi connectivity index (χ0) is 11.6. The standard InChI is InChI=1S/C10H9ClF2O2/c1-5(14)3-6-4-7(12)8(11)9(13)10(6)15-2/h4H,3H2,1-2H3. The van der Waals surface area contributed by atoms with Gasteiger partial charge in [0.25, 0.3) is 0 Å². The minimum absolute atomic E-state index is 0.0891. The van der Waals surface area contributed by atoms with Crippen LogP contribution >= 0.6 is 11.6 Å². The highest BCUT2D eigenvalue weighted by molar-refractivity contribution is 6.31. The van der Waals surface area contributed by atoms with Gasteiger partial charge in [-0.3, -0.25) is 4.79 Å². The maximum Gasteiger partial charge on any atom is 0.186 e. The van der Waals surface area contributed by atoms with Gasteiger partial charge < -0.3 is 4.74 Å². The molecule has 5 heteroatoms. The van der Waals surface area contributed by atoms with Crippen molar-refractivity contribution in [3.8, 4) is 5.75 Å². The summed E-state index contributed by atoms with van der Waals surface area (Å²) in [5.74, 6) is -2.27. The van der Waals surface area contributed by atoms with Gasteiger partial charge in [-0.15, -0.1) is 0 Å². The van der Waals surface area contributed by atoms with Crippen LogP contribution in [-0.2, 0) is 11.2 Å². The van der Waals surface area contributed by atoms with Crippen molar-refractivity contribution < 1.29 is 18.3 Å². The van der Waals surface area contributed by atoms with E-state index in [1.54, 1.807) is 0 Å². The molecule has 0 aliphatic rings. The van der Waals surface area contributed by atoms with Gasteiger partial charge in [0, 0.05) is 12.0 Å². The summed E-state index contributed by atoms with van der Waals surface area (Å²) in [6, 6.07) is 1.01. The van der Waals surface area contributed by atoms with Gasteiger partial charge in [-0.25, -0.2) is 8.78 Å². The molecule has 0 saturated carbocycles. The molecular weight excluding hydrogens is 226 g/mol. The fourth-order valence-corrected chi connectivity index (χ4v) is 1.39. The molecule has 0 bridgehead atoms. The molecule has 0 aliphatic carbocycles. The first-order valence-electron chi connectivity index (χ1n) is 4.17. The third-order valence-corrected chi connectivity index (χ3v) is 2.18. The second kappa shape index (κ2) is 4.57. The number of Topliss-reactive ketones (excluding diaryl/α,β-unsaturated/α-hetero) is 1. The minimum Gasteiger partial charge on any atom is -0.493 e. The van der Waals surface area contributed by atoms with E-state index in [9.17, 15) is 13.6 Å². The van der Waals surface area contributed by atoms with Crippen molar-refractivity contribution in [3.05, 3.63) is 28.3 Å². The zero-order valence-corrected chi connectivity index (χ0v) is 8.99. The maximum atomic E-state index is 13.4. The molecule has 82 valence electrons. The van der Waals surface area contributed by atoms with E-state index in [1.807, 2.05) is 0 Å². The molecule has 0 saturated heterocycles. The Labute approximate surface area is 90.8 Å². The maximum absolute atomic E-state index is 13.4.